The number of benzene rings is 3. The van der Waals surface area contributed by atoms with Crippen LogP contribution in [0.1, 0.15) is 46.8 Å². The third-order valence-electron chi connectivity index (χ3n) is 7.14. The number of piperidine rings is 1. The number of hydrogen-bond acceptors (Lipinski definition) is 4. The number of aryl methyl sites for hydroxylation is 3. The smallest absolute Gasteiger partial charge is 0.227 e. The van der Waals surface area contributed by atoms with E-state index in [-0.39, 0.29) is 11.3 Å². The Morgan fingerprint density at radius 3 is 2.20 bits per heavy atom. The molecule has 5 heteroatoms. The SMILES string of the molecule is Cc1ccc(CC(=O)N2CCC(c3ccccc3)(c3noc(CCc4ccccc4)n3)CC2)cc1. The first-order valence-electron chi connectivity index (χ1n) is 12.4. The Kier molecular flexibility index (Phi) is 6.75. The van der Waals surface area contributed by atoms with Gasteiger partial charge in [-0.2, -0.15) is 4.98 Å². The van der Waals surface area contributed by atoms with Gasteiger partial charge in [0.15, 0.2) is 5.82 Å². The zero-order valence-electron chi connectivity index (χ0n) is 20.2. The Balaban J connectivity index is 1.31. The van der Waals surface area contributed by atoms with Gasteiger partial charge in [0.05, 0.1) is 11.8 Å². The lowest BCUT2D eigenvalue weighted by atomic mass is 9.72. The Morgan fingerprint density at radius 2 is 1.51 bits per heavy atom. The highest BCUT2D eigenvalue weighted by molar-refractivity contribution is 5.79. The first-order chi connectivity index (χ1) is 17.1. The van der Waals surface area contributed by atoms with Crippen LogP contribution < -0.4 is 0 Å². The summed E-state index contributed by atoms with van der Waals surface area (Å²) in [6, 6.07) is 29.0. The lowest BCUT2D eigenvalue weighted by molar-refractivity contribution is -0.131. The number of rotatable bonds is 7. The minimum atomic E-state index is -0.351. The van der Waals surface area contributed by atoms with Gasteiger partial charge in [-0.1, -0.05) is 95.6 Å². The first kappa shape index (κ1) is 23.0. The van der Waals surface area contributed by atoms with Crippen molar-refractivity contribution in [3.63, 3.8) is 0 Å². The van der Waals surface area contributed by atoms with Crippen molar-refractivity contribution < 1.29 is 9.32 Å². The van der Waals surface area contributed by atoms with Gasteiger partial charge in [0.25, 0.3) is 0 Å². The quantitative estimate of drug-likeness (QED) is 0.371. The number of nitrogens with zero attached hydrogens (tertiary/aromatic N) is 3. The van der Waals surface area contributed by atoms with Crippen LogP contribution in [0, 0.1) is 6.92 Å². The maximum Gasteiger partial charge on any atom is 0.227 e. The van der Waals surface area contributed by atoms with Gasteiger partial charge in [0, 0.05) is 19.5 Å². The van der Waals surface area contributed by atoms with Crippen LogP contribution in [0.3, 0.4) is 0 Å². The van der Waals surface area contributed by atoms with E-state index in [0.717, 1.165) is 30.7 Å². The Hall–Kier alpha value is -3.73. The average molecular weight is 466 g/mol. The van der Waals surface area contributed by atoms with Crippen LogP contribution in [0.5, 0.6) is 0 Å². The second kappa shape index (κ2) is 10.3. The molecule has 3 aromatic carbocycles. The molecule has 1 fully saturated rings. The summed E-state index contributed by atoms with van der Waals surface area (Å²) in [6.07, 6.45) is 3.55. The lowest BCUT2D eigenvalue weighted by Crippen LogP contribution is -2.46. The summed E-state index contributed by atoms with van der Waals surface area (Å²) in [4.78, 5) is 19.9. The second-order valence-corrected chi connectivity index (χ2v) is 9.49. The van der Waals surface area contributed by atoms with E-state index in [2.05, 4.69) is 60.6 Å². The predicted molar refractivity (Wildman–Crippen MR) is 136 cm³/mol. The standard InChI is InChI=1S/C30H31N3O2/c1-23-12-14-25(15-13-23)22-28(34)33-20-18-30(19-21-33,26-10-6-3-7-11-26)29-31-27(35-32-29)17-16-24-8-4-2-5-9-24/h2-15H,16-22H2,1H3. The number of carbonyl (C=O) groups excluding carboxylic acids is 1. The molecule has 1 aliphatic rings. The first-order valence-corrected chi connectivity index (χ1v) is 12.4. The molecule has 1 amide bonds. The number of carbonyl (C=O) groups is 1. The maximum atomic E-state index is 13.0. The minimum Gasteiger partial charge on any atom is -0.342 e. The fourth-order valence-corrected chi connectivity index (χ4v) is 4.98. The Bertz CT molecular complexity index is 1240. The van der Waals surface area contributed by atoms with Gasteiger partial charge >= 0.3 is 0 Å². The molecule has 0 radical (unpaired) electrons. The van der Waals surface area contributed by atoms with Crippen LogP contribution >= 0.6 is 0 Å². The van der Waals surface area contributed by atoms with Crippen molar-refractivity contribution in [3.8, 4) is 0 Å². The van der Waals surface area contributed by atoms with Crippen molar-refractivity contribution in [2.75, 3.05) is 13.1 Å². The van der Waals surface area contributed by atoms with Gasteiger partial charge < -0.3 is 9.42 Å². The highest BCUT2D eigenvalue weighted by Gasteiger charge is 2.42. The van der Waals surface area contributed by atoms with Crippen molar-refractivity contribution in [3.05, 3.63) is 119 Å². The fourth-order valence-electron chi connectivity index (χ4n) is 4.98. The van der Waals surface area contributed by atoms with E-state index in [0.29, 0.717) is 31.8 Å². The minimum absolute atomic E-state index is 0.173. The Morgan fingerprint density at radius 1 is 0.857 bits per heavy atom. The summed E-state index contributed by atoms with van der Waals surface area (Å²) < 4.78 is 5.71. The van der Waals surface area contributed by atoms with E-state index in [4.69, 9.17) is 9.51 Å². The lowest BCUT2D eigenvalue weighted by Gasteiger charge is -2.40. The van der Waals surface area contributed by atoms with E-state index < -0.39 is 0 Å². The van der Waals surface area contributed by atoms with E-state index in [1.54, 1.807) is 0 Å². The van der Waals surface area contributed by atoms with Crippen LogP contribution in [-0.2, 0) is 29.5 Å². The summed E-state index contributed by atoms with van der Waals surface area (Å²) in [6.45, 7) is 3.41. The molecule has 4 aromatic rings. The van der Waals surface area contributed by atoms with Crippen LogP contribution in [0.4, 0.5) is 0 Å². The van der Waals surface area contributed by atoms with Crippen LogP contribution in [0.25, 0.3) is 0 Å². The van der Waals surface area contributed by atoms with Gasteiger partial charge in [-0.15, -0.1) is 0 Å². The summed E-state index contributed by atoms with van der Waals surface area (Å²) >= 11 is 0. The molecule has 0 bridgehead atoms. The van der Waals surface area contributed by atoms with E-state index in [1.165, 1.54) is 16.7 Å². The molecule has 0 spiro atoms. The molecule has 35 heavy (non-hydrogen) atoms. The van der Waals surface area contributed by atoms with Crippen molar-refractivity contribution in [1.29, 1.82) is 0 Å². The molecule has 1 aromatic heterocycles. The number of hydrogen-bond donors (Lipinski definition) is 0. The van der Waals surface area contributed by atoms with E-state index in [9.17, 15) is 4.79 Å². The Labute approximate surface area is 206 Å². The molecule has 0 atom stereocenters. The van der Waals surface area contributed by atoms with Gasteiger partial charge in [-0.25, -0.2) is 0 Å². The molecular weight excluding hydrogens is 434 g/mol. The second-order valence-electron chi connectivity index (χ2n) is 9.49. The summed E-state index contributed by atoms with van der Waals surface area (Å²) in [7, 11) is 0. The van der Waals surface area contributed by atoms with E-state index >= 15 is 0 Å². The molecule has 1 aliphatic heterocycles. The third kappa shape index (κ3) is 5.19. The third-order valence-corrected chi connectivity index (χ3v) is 7.14. The van der Waals surface area contributed by atoms with Gasteiger partial charge in [0.1, 0.15) is 0 Å². The highest BCUT2D eigenvalue weighted by atomic mass is 16.5. The van der Waals surface area contributed by atoms with Crippen molar-refractivity contribution >= 4 is 5.91 Å². The zero-order chi connectivity index (χ0) is 24.1. The molecule has 5 rings (SSSR count). The normalized spacial score (nSPS) is 15.2. The highest BCUT2D eigenvalue weighted by Crippen LogP contribution is 2.40. The van der Waals surface area contributed by atoms with Crippen molar-refractivity contribution in [2.24, 2.45) is 0 Å². The van der Waals surface area contributed by atoms with Gasteiger partial charge in [0.2, 0.25) is 11.8 Å². The van der Waals surface area contributed by atoms with E-state index in [1.807, 2.05) is 41.3 Å². The van der Waals surface area contributed by atoms with Crippen molar-refractivity contribution in [2.45, 2.75) is 44.4 Å². The van der Waals surface area contributed by atoms with Crippen LogP contribution in [0.2, 0.25) is 0 Å². The average Bonchev–Trinajstić information content (AvgIpc) is 3.40. The monoisotopic (exact) mass is 465 g/mol. The molecule has 5 nitrogen and oxygen atoms in total. The number of likely N-dealkylation sites (tertiary alicyclic amines) is 1. The zero-order valence-corrected chi connectivity index (χ0v) is 20.2. The van der Waals surface area contributed by atoms with Gasteiger partial charge in [-0.3, -0.25) is 4.79 Å². The maximum absolute atomic E-state index is 13.0. The molecule has 0 N–H and O–H groups in total. The summed E-state index contributed by atoms with van der Waals surface area (Å²) in [5.41, 5.74) is 4.35. The largest absolute Gasteiger partial charge is 0.342 e. The molecular formula is C30H31N3O2. The topological polar surface area (TPSA) is 59.2 Å². The summed E-state index contributed by atoms with van der Waals surface area (Å²) in [5.74, 6) is 1.57. The molecule has 178 valence electrons. The van der Waals surface area contributed by atoms with Crippen LogP contribution in [-0.4, -0.2) is 34.0 Å². The predicted octanol–water partition coefficient (Wildman–Crippen LogP) is 5.31. The molecule has 1 saturated heterocycles. The summed E-state index contributed by atoms with van der Waals surface area (Å²) in [5, 5.41) is 4.46. The molecule has 2 heterocycles. The molecule has 0 unspecified atom stereocenters. The van der Waals surface area contributed by atoms with Crippen molar-refractivity contribution in [1.82, 2.24) is 15.0 Å². The van der Waals surface area contributed by atoms with Crippen LogP contribution in [0.15, 0.2) is 89.5 Å². The fraction of sp³-hybridized carbons (Fsp3) is 0.300. The van der Waals surface area contributed by atoms with Gasteiger partial charge in [-0.05, 0) is 42.9 Å². The molecule has 0 saturated carbocycles. The molecule has 0 aliphatic carbocycles. The number of amides is 1. The number of aromatic nitrogens is 2.